The molecule has 30 heavy (non-hydrogen) atoms. The minimum absolute atomic E-state index is 0.0466. The molecular formula is C19H16F3N7O. The van der Waals surface area contributed by atoms with E-state index in [0.29, 0.717) is 28.2 Å². The molecule has 3 aromatic heterocycles. The Kier molecular flexibility index (Phi) is 4.77. The third-order valence-electron chi connectivity index (χ3n) is 4.77. The van der Waals surface area contributed by atoms with E-state index < -0.39 is 6.30 Å². The average Bonchev–Trinajstić information content (AvgIpc) is 3.23. The van der Waals surface area contributed by atoms with Gasteiger partial charge in [0.25, 0.3) is 0 Å². The van der Waals surface area contributed by atoms with E-state index in [0.717, 1.165) is 12.6 Å². The lowest BCUT2D eigenvalue weighted by Gasteiger charge is -2.08. The van der Waals surface area contributed by atoms with E-state index >= 15 is 0 Å². The van der Waals surface area contributed by atoms with Crippen molar-refractivity contribution in [3.8, 4) is 11.8 Å². The van der Waals surface area contributed by atoms with Crippen LogP contribution in [-0.4, -0.2) is 37.9 Å². The number of hydrogen-bond donors (Lipinski definition) is 2. The van der Waals surface area contributed by atoms with Gasteiger partial charge in [-0.25, -0.2) is 4.98 Å². The number of carbonyl (C=O) groups excluding carboxylic acids is 1. The number of halogens is 3. The van der Waals surface area contributed by atoms with Crippen LogP contribution in [0.2, 0.25) is 0 Å². The zero-order chi connectivity index (χ0) is 21.5. The zero-order valence-electron chi connectivity index (χ0n) is 15.9. The largest absolute Gasteiger partial charge is 0.505 e. The van der Waals surface area contributed by atoms with Gasteiger partial charge in [0.2, 0.25) is 5.91 Å². The van der Waals surface area contributed by atoms with E-state index in [-0.39, 0.29) is 28.0 Å². The molecule has 2 atom stereocenters. The highest BCUT2D eigenvalue weighted by atomic mass is 19.4. The van der Waals surface area contributed by atoms with Crippen molar-refractivity contribution in [1.29, 1.82) is 0 Å². The quantitative estimate of drug-likeness (QED) is 0.639. The average molecular weight is 415 g/mol. The standard InChI is InChI=1S/C19H16F3N7O/c1-10-7-13(10)18(30)26-15-8-14-11(9-24-17(23-2)16(14)28-27-15)3-4-12-5-6-25-29(12)19(20,21)22/h5-6,8-10,13H,7H2,1-2H3,(H,23,24)(H,26,27,30)/t10-,13+/m1/s1. The van der Waals surface area contributed by atoms with Crippen molar-refractivity contribution in [2.75, 3.05) is 17.7 Å². The third kappa shape index (κ3) is 3.76. The number of anilines is 2. The lowest BCUT2D eigenvalue weighted by Crippen LogP contribution is -2.19. The van der Waals surface area contributed by atoms with Gasteiger partial charge in [-0.15, -0.1) is 23.4 Å². The van der Waals surface area contributed by atoms with Crippen molar-refractivity contribution in [3.63, 3.8) is 0 Å². The SMILES string of the molecule is CNc1ncc(C#Cc2ccnn2C(F)(F)F)c2cc(NC(=O)[C@H]3C[C@H]3C)nnc12. The second kappa shape index (κ2) is 7.29. The summed E-state index contributed by atoms with van der Waals surface area (Å²) in [6, 6.07) is 2.75. The number of amides is 1. The Morgan fingerprint density at radius 2 is 2.07 bits per heavy atom. The number of hydrogen-bond acceptors (Lipinski definition) is 6. The number of nitrogens with zero attached hydrogens (tertiary/aromatic N) is 5. The minimum Gasteiger partial charge on any atom is -0.371 e. The highest BCUT2D eigenvalue weighted by Gasteiger charge is 2.39. The second-order valence-electron chi connectivity index (χ2n) is 6.92. The molecular weight excluding hydrogens is 399 g/mol. The molecule has 2 N–H and O–H groups in total. The summed E-state index contributed by atoms with van der Waals surface area (Å²) in [6.45, 7) is 1.99. The fourth-order valence-electron chi connectivity index (χ4n) is 3.01. The highest BCUT2D eigenvalue weighted by Crippen LogP contribution is 2.38. The molecule has 8 nitrogen and oxygen atoms in total. The molecule has 1 aliphatic carbocycles. The number of fused-ring (bicyclic) bond motifs is 1. The molecule has 0 bridgehead atoms. The summed E-state index contributed by atoms with van der Waals surface area (Å²) < 4.78 is 38.8. The van der Waals surface area contributed by atoms with Gasteiger partial charge in [-0.2, -0.15) is 9.78 Å². The smallest absolute Gasteiger partial charge is 0.371 e. The Labute approximate surface area is 168 Å². The summed E-state index contributed by atoms with van der Waals surface area (Å²) in [4.78, 5) is 16.4. The van der Waals surface area contributed by atoms with Crippen molar-refractivity contribution in [2.24, 2.45) is 11.8 Å². The molecule has 0 aliphatic heterocycles. The van der Waals surface area contributed by atoms with Crippen LogP contribution in [0.3, 0.4) is 0 Å². The number of rotatable bonds is 3. The van der Waals surface area contributed by atoms with Gasteiger partial charge in [-0.3, -0.25) is 4.79 Å². The number of carbonyl (C=O) groups is 1. The summed E-state index contributed by atoms with van der Waals surface area (Å²) in [7, 11) is 1.65. The molecule has 3 heterocycles. The van der Waals surface area contributed by atoms with Gasteiger partial charge in [0.1, 0.15) is 11.2 Å². The van der Waals surface area contributed by atoms with Crippen molar-refractivity contribution in [2.45, 2.75) is 19.6 Å². The monoisotopic (exact) mass is 415 g/mol. The fourth-order valence-corrected chi connectivity index (χ4v) is 3.01. The van der Waals surface area contributed by atoms with Crippen LogP contribution in [0.25, 0.3) is 10.9 Å². The first-order valence-corrected chi connectivity index (χ1v) is 9.06. The van der Waals surface area contributed by atoms with Crippen LogP contribution in [-0.2, 0) is 11.1 Å². The van der Waals surface area contributed by atoms with Gasteiger partial charge in [0, 0.05) is 24.5 Å². The van der Waals surface area contributed by atoms with Gasteiger partial charge in [0.15, 0.2) is 11.6 Å². The molecule has 0 spiro atoms. The number of aromatic nitrogens is 5. The van der Waals surface area contributed by atoms with Crippen LogP contribution >= 0.6 is 0 Å². The topological polar surface area (TPSA) is 97.6 Å². The van der Waals surface area contributed by atoms with Gasteiger partial charge in [0.05, 0.1) is 11.8 Å². The second-order valence-corrected chi connectivity index (χ2v) is 6.92. The molecule has 0 saturated heterocycles. The number of nitrogens with one attached hydrogen (secondary N) is 2. The predicted molar refractivity (Wildman–Crippen MR) is 102 cm³/mol. The summed E-state index contributed by atoms with van der Waals surface area (Å²) in [5.74, 6) is 5.98. The predicted octanol–water partition coefficient (Wildman–Crippen LogP) is 2.73. The fraction of sp³-hybridized carbons (Fsp3) is 0.316. The third-order valence-corrected chi connectivity index (χ3v) is 4.77. The molecule has 154 valence electrons. The number of alkyl halides is 3. The lowest BCUT2D eigenvalue weighted by molar-refractivity contribution is -0.212. The maximum Gasteiger partial charge on any atom is 0.505 e. The first kappa shape index (κ1) is 19.6. The zero-order valence-corrected chi connectivity index (χ0v) is 15.9. The summed E-state index contributed by atoms with van der Waals surface area (Å²) in [5.41, 5.74) is 0.405. The van der Waals surface area contributed by atoms with Crippen LogP contribution < -0.4 is 10.6 Å². The van der Waals surface area contributed by atoms with Crippen molar-refractivity contribution in [3.05, 3.63) is 35.8 Å². The van der Waals surface area contributed by atoms with E-state index in [1.165, 1.54) is 12.3 Å². The van der Waals surface area contributed by atoms with E-state index in [4.69, 9.17) is 0 Å². The highest BCUT2D eigenvalue weighted by molar-refractivity contribution is 5.97. The molecule has 0 unspecified atom stereocenters. The summed E-state index contributed by atoms with van der Waals surface area (Å²) in [6.07, 6.45) is -1.40. The molecule has 11 heteroatoms. The van der Waals surface area contributed by atoms with Gasteiger partial charge < -0.3 is 10.6 Å². The Morgan fingerprint density at radius 3 is 2.73 bits per heavy atom. The first-order valence-electron chi connectivity index (χ1n) is 9.06. The van der Waals surface area contributed by atoms with Gasteiger partial charge >= 0.3 is 6.30 Å². The minimum atomic E-state index is -4.67. The maximum atomic E-state index is 13.0. The van der Waals surface area contributed by atoms with E-state index in [1.807, 2.05) is 6.92 Å². The lowest BCUT2D eigenvalue weighted by atomic mass is 10.1. The van der Waals surface area contributed by atoms with Crippen molar-refractivity contribution < 1.29 is 18.0 Å². The molecule has 0 radical (unpaired) electrons. The van der Waals surface area contributed by atoms with Crippen LogP contribution in [0.15, 0.2) is 24.5 Å². The van der Waals surface area contributed by atoms with Crippen molar-refractivity contribution in [1.82, 2.24) is 25.0 Å². The Bertz CT molecular complexity index is 1190. The normalized spacial score (nSPS) is 17.9. The Hall–Kier alpha value is -3.68. The van der Waals surface area contributed by atoms with Crippen LogP contribution in [0.1, 0.15) is 24.6 Å². The van der Waals surface area contributed by atoms with E-state index in [9.17, 15) is 18.0 Å². The Morgan fingerprint density at radius 1 is 1.30 bits per heavy atom. The molecule has 1 saturated carbocycles. The first-order chi connectivity index (χ1) is 14.3. The van der Waals surface area contributed by atoms with Crippen LogP contribution in [0.5, 0.6) is 0 Å². The van der Waals surface area contributed by atoms with Crippen molar-refractivity contribution >= 4 is 28.4 Å². The van der Waals surface area contributed by atoms with Crippen LogP contribution in [0.4, 0.5) is 24.8 Å². The van der Waals surface area contributed by atoms with Gasteiger partial charge in [-0.05, 0) is 30.4 Å². The van der Waals surface area contributed by atoms with E-state index in [1.54, 1.807) is 13.1 Å². The molecule has 0 aromatic carbocycles. The van der Waals surface area contributed by atoms with Gasteiger partial charge in [-0.1, -0.05) is 12.8 Å². The van der Waals surface area contributed by atoms with E-state index in [2.05, 4.69) is 42.8 Å². The maximum absolute atomic E-state index is 13.0. The molecule has 1 aliphatic rings. The molecule has 1 amide bonds. The molecule has 1 fully saturated rings. The number of pyridine rings is 1. The molecule has 3 aromatic rings. The summed E-state index contributed by atoms with van der Waals surface area (Å²) in [5, 5.41) is 17.5. The summed E-state index contributed by atoms with van der Waals surface area (Å²) >= 11 is 0. The Balaban J connectivity index is 1.74. The molecule has 4 rings (SSSR count). The van der Waals surface area contributed by atoms with Crippen LogP contribution in [0, 0.1) is 23.7 Å².